The van der Waals surface area contributed by atoms with Gasteiger partial charge in [-0.05, 0) is 0 Å². The van der Waals surface area contributed by atoms with Gasteiger partial charge in [0.15, 0.2) is 0 Å². The monoisotopic (exact) mass is 296 g/mol. The van der Waals surface area contributed by atoms with Gasteiger partial charge in [0.2, 0.25) is 0 Å². The summed E-state index contributed by atoms with van der Waals surface area (Å²) in [7, 11) is 6.23. The molecule has 0 aromatic heterocycles. The van der Waals surface area contributed by atoms with E-state index < -0.39 is 6.04 Å². The van der Waals surface area contributed by atoms with Crippen molar-refractivity contribution in [2.45, 2.75) is 59.3 Å². The van der Waals surface area contributed by atoms with Crippen molar-refractivity contribution in [3.63, 3.8) is 0 Å². The van der Waals surface area contributed by atoms with Crippen molar-refractivity contribution in [3.05, 3.63) is 0 Å². The molecule has 0 aliphatic carbocycles. The van der Waals surface area contributed by atoms with E-state index in [1.54, 1.807) is 13.1 Å². The van der Waals surface area contributed by atoms with Crippen LogP contribution in [0.5, 0.6) is 0 Å². The van der Waals surface area contributed by atoms with E-state index in [4.69, 9.17) is 10.2 Å². The molecule has 0 saturated carbocycles. The number of hydrogen-bond acceptors (Lipinski definition) is 0. The molecule has 0 saturated heterocycles. The van der Waals surface area contributed by atoms with E-state index in [0.29, 0.717) is 0 Å². The number of halogens is 1. The maximum atomic E-state index is 6.23. The Labute approximate surface area is 107 Å². The van der Waals surface area contributed by atoms with E-state index in [9.17, 15) is 0 Å². The third-order valence-corrected chi connectivity index (χ3v) is 13.5. The minimum atomic E-state index is -1.13. The third-order valence-electron chi connectivity index (χ3n) is 3.02. The molecular formula is C12H28ClNiP. The first-order chi connectivity index (χ1) is 7.24. The van der Waals surface area contributed by atoms with Gasteiger partial charge in [-0.2, -0.15) is 0 Å². The van der Waals surface area contributed by atoms with Crippen LogP contribution < -0.4 is 0 Å². The fourth-order valence-electron chi connectivity index (χ4n) is 1.91. The Bertz CT molecular complexity index is 120. The van der Waals surface area contributed by atoms with Gasteiger partial charge in [0, 0.05) is 0 Å². The number of hydrogen-bond donors (Lipinski definition) is 0. The van der Waals surface area contributed by atoms with E-state index in [1.807, 2.05) is 0 Å². The van der Waals surface area contributed by atoms with Crippen LogP contribution in [0.3, 0.4) is 0 Å². The topological polar surface area (TPSA) is 0 Å². The Morgan fingerprint density at radius 3 is 1.33 bits per heavy atom. The first-order valence-corrected chi connectivity index (χ1v) is 11.7. The predicted molar refractivity (Wildman–Crippen MR) is 73.5 cm³/mol. The normalized spacial score (nSPS) is 13.3. The second kappa shape index (κ2) is 10.4. The Hall–Kier alpha value is 1.21. The van der Waals surface area contributed by atoms with Crippen molar-refractivity contribution in [2.24, 2.45) is 0 Å². The van der Waals surface area contributed by atoms with Crippen LogP contribution in [0.15, 0.2) is 0 Å². The summed E-state index contributed by atoms with van der Waals surface area (Å²) in [5, 5.41) is 0. The molecule has 0 spiro atoms. The van der Waals surface area contributed by atoms with Crippen LogP contribution in [0, 0.1) is 0 Å². The fourth-order valence-corrected chi connectivity index (χ4v) is 10.4. The fraction of sp³-hybridized carbons (Fsp3) is 1.00. The number of rotatable bonds is 10. The molecule has 0 fully saturated rings. The molecule has 15 heavy (non-hydrogen) atoms. The van der Waals surface area contributed by atoms with Gasteiger partial charge in [0.1, 0.15) is 0 Å². The molecule has 0 amide bonds. The molecule has 0 aromatic carbocycles. The predicted octanol–water partition coefficient (Wildman–Crippen LogP) is 5.29. The summed E-state index contributed by atoms with van der Waals surface area (Å²) in [6.07, 6.45) is 12.5. The van der Waals surface area contributed by atoms with Crippen LogP contribution in [0.2, 0.25) is 0 Å². The molecule has 0 unspecified atom stereocenters. The van der Waals surface area contributed by atoms with Crippen molar-refractivity contribution in [1.82, 2.24) is 0 Å². The van der Waals surface area contributed by atoms with Crippen molar-refractivity contribution in [1.29, 1.82) is 0 Å². The van der Waals surface area contributed by atoms with Gasteiger partial charge in [-0.1, -0.05) is 0 Å². The molecule has 0 aliphatic rings. The Balaban J connectivity index is 4.16. The van der Waals surface area contributed by atoms with Gasteiger partial charge in [-0.15, -0.1) is 0 Å². The summed E-state index contributed by atoms with van der Waals surface area (Å²) in [6.45, 7) is 6.88. The van der Waals surface area contributed by atoms with E-state index in [0.717, 1.165) is 0 Å². The quantitative estimate of drug-likeness (QED) is 0.380. The average Bonchev–Trinajstić information content (AvgIpc) is 2.29. The molecule has 0 atom stereocenters. The van der Waals surface area contributed by atoms with Crippen molar-refractivity contribution in [2.75, 3.05) is 18.5 Å². The van der Waals surface area contributed by atoms with Gasteiger partial charge in [-0.3, -0.25) is 0 Å². The molecule has 0 aromatic rings. The molecule has 0 rings (SSSR count). The van der Waals surface area contributed by atoms with Crippen LogP contribution in [-0.2, 0) is 13.1 Å². The summed E-state index contributed by atoms with van der Waals surface area (Å²) in [5.74, 6) is 0. The second-order valence-electron chi connectivity index (χ2n) is 4.46. The minimum absolute atomic E-state index is 1.13. The zero-order valence-corrected chi connectivity index (χ0v) is 13.3. The maximum absolute atomic E-state index is 6.23. The molecule has 98 valence electrons. The van der Waals surface area contributed by atoms with Gasteiger partial charge < -0.3 is 0 Å². The van der Waals surface area contributed by atoms with Crippen LogP contribution in [0.1, 0.15) is 59.3 Å². The van der Waals surface area contributed by atoms with E-state index in [1.165, 1.54) is 57.0 Å². The molecule has 0 aliphatic heterocycles. The van der Waals surface area contributed by atoms with Gasteiger partial charge in [0.25, 0.3) is 0 Å². The Morgan fingerprint density at radius 2 is 1.13 bits per heavy atom. The molecule has 0 nitrogen and oxygen atoms in total. The second-order valence-corrected chi connectivity index (χ2v) is 13.4. The average molecular weight is 297 g/mol. The zero-order valence-electron chi connectivity index (χ0n) is 10.6. The van der Waals surface area contributed by atoms with E-state index in [-0.39, 0.29) is 0 Å². The Kier molecular flexibility index (Phi) is 11.2. The van der Waals surface area contributed by atoms with E-state index in [2.05, 4.69) is 20.8 Å². The molecule has 0 heterocycles. The van der Waals surface area contributed by atoms with Gasteiger partial charge in [0.05, 0.1) is 0 Å². The molecule has 0 N–H and O–H groups in total. The third kappa shape index (κ3) is 7.20. The first kappa shape index (κ1) is 16.2. The number of unbranched alkanes of at least 4 members (excludes halogenated alkanes) is 3. The molecule has 0 radical (unpaired) electrons. The van der Waals surface area contributed by atoms with Gasteiger partial charge >= 0.3 is 107 Å². The summed E-state index contributed by atoms with van der Waals surface area (Å²) < 4.78 is 0. The van der Waals surface area contributed by atoms with Crippen LogP contribution in [0.4, 0.5) is 0 Å². The molecule has 0 bridgehead atoms. The van der Waals surface area contributed by atoms with Crippen LogP contribution >= 0.6 is 16.2 Å². The van der Waals surface area contributed by atoms with Crippen LogP contribution in [0.25, 0.3) is 0 Å². The molecule has 3 heteroatoms. The molecular weight excluding hydrogens is 269 g/mol. The van der Waals surface area contributed by atoms with Crippen molar-refractivity contribution in [3.8, 4) is 0 Å². The summed E-state index contributed by atoms with van der Waals surface area (Å²) >= 11 is 1.56. The standard InChI is InChI=1S/C12H27P.ClH.Ni/c1-4-7-10-13(11-8-5-2)12-9-6-3;;/h4-12H2,1-3H3;1H;. The summed E-state index contributed by atoms with van der Waals surface area (Å²) in [4.78, 5) is 0. The SMILES string of the molecule is CCCC[PH](CCCC)(CCCC)[Ni][Cl]. The van der Waals surface area contributed by atoms with E-state index >= 15 is 0 Å². The van der Waals surface area contributed by atoms with Gasteiger partial charge in [-0.25, -0.2) is 0 Å². The summed E-state index contributed by atoms with van der Waals surface area (Å²) in [5.41, 5.74) is 0. The Morgan fingerprint density at radius 1 is 0.800 bits per heavy atom. The van der Waals surface area contributed by atoms with Crippen LogP contribution in [-0.4, -0.2) is 18.5 Å². The first-order valence-electron chi connectivity index (χ1n) is 6.46. The van der Waals surface area contributed by atoms with Crippen molar-refractivity contribution < 1.29 is 13.1 Å². The van der Waals surface area contributed by atoms with Crippen molar-refractivity contribution >= 4 is 16.2 Å². The summed E-state index contributed by atoms with van der Waals surface area (Å²) in [6, 6.07) is -1.13. The zero-order chi connectivity index (χ0) is 11.6.